The number of nitrogens with one attached hydrogen (secondary N) is 1. The van der Waals surface area contributed by atoms with Crippen LogP contribution in [0.25, 0.3) is 0 Å². The molecule has 1 atom stereocenters. The zero-order chi connectivity index (χ0) is 13.5. The lowest BCUT2D eigenvalue weighted by atomic mass is 10.0. The summed E-state index contributed by atoms with van der Waals surface area (Å²) in [5.74, 6) is 0.261. The normalized spacial score (nSPS) is 11.9. The Morgan fingerprint density at radius 3 is 2.78 bits per heavy atom. The van der Waals surface area contributed by atoms with Crippen LogP contribution in [0.3, 0.4) is 0 Å². The number of nitriles is 1. The first-order valence-corrected chi connectivity index (χ1v) is 7.07. The van der Waals surface area contributed by atoms with Crippen molar-refractivity contribution >= 4 is 21.8 Å². The van der Waals surface area contributed by atoms with Gasteiger partial charge in [0.05, 0.1) is 11.6 Å². The predicted octanol–water partition coefficient (Wildman–Crippen LogP) is 3.10. The lowest BCUT2D eigenvalue weighted by molar-refractivity contribution is 0.0925. The van der Waals surface area contributed by atoms with Gasteiger partial charge in [-0.25, -0.2) is 0 Å². The maximum absolute atomic E-state index is 12.1. The summed E-state index contributed by atoms with van der Waals surface area (Å²) in [6, 6.07) is 8.93. The Balaban J connectivity index is 2.77. The van der Waals surface area contributed by atoms with E-state index in [0.29, 0.717) is 17.0 Å². The number of hydrogen-bond acceptors (Lipinski definition) is 2. The van der Waals surface area contributed by atoms with Crippen molar-refractivity contribution in [3.63, 3.8) is 0 Å². The monoisotopic (exact) mass is 308 g/mol. The molecule has 4 heteroatoms. The average Bonchev–Trinajstić information content (AvgIpc) is 2.38. The number of alkyl halides is 1. The van der Waals surface area contributed by atoms with E-state index in [1.807, 2.05) is 6.07 Å². The summed E-state index contributed by atoms with van der Waals surface area (Å²) < 4.78 is 0. The Morgan fingerprint density at radius 2 is 2.22 bits per heavy atom. The number of hydrogen-bond donors (Lipinski definition) is 1. The third-order valence-electron chi connectivity index (χ3n) is 2.80. The Hall–Kier alpha value is -1.34. The third kappa shape index (κ3) is 4.15. The third-order valence-corrected chi connectivity index (χ3v) is 3.25. The van der Waals surface area contributed by atoms with Crippen LogP contribution < -0.4 is 5.32 Å². The number of halogens is 1. The highest BCUT2D eigenvalue weighted by Gasteiger charge is 2.16. The highest BCUT2D eigenvalue weighted by molar-refractivity contribution is 9.09. The van der Waals surface area contributed by atoms with Crippen molar-refractivity contribution in [1.82, 2.24) is 5.32 Å². The fourth-order valence-corrected chi connectivity index (χ4v) is 2.16. The van der Waals surface area contributed by atoms with Crippen LogP contribution in [-0.4, -0.2) is 17.3 Å². The molecule has 0 saturated carbocycles. The minimum absolute atomic E-state index is 0.119. The second-order valence-electron chi connectivity index (χ2n) is 4.49. The molecule has 18 heavy (non-hydrogen) atoms. The molecule has 1 unspecified atom stereocenters. The lowest BCUT2D eigenvalue weighted by Gasteiger charge is -2.21. The van der Waals surface area contributed by atoms with Crippen molar-refractivity contribution in [3.8, 4) is 6.07 Å². The van der Waals surface area contributed by atoms with E-state index in [0.717, 1.165) is 11.8 Å². The van der Waals surface area contributed by atoms with Crippen LogP contribution in [0.1, 0.15) is 36.2 Å². The molecule has 1 rings (SSSR count). The maximum atomic E-state index is 12.1. The van der Waals surface area contributed by atoms with Crippen molar-refractivity contribution in [2.45, 2.75) is 26.3 Å². The Bertz CT molecular complexity index is 451. The molecule has 0 aliphatic carbocycles. The molecule has 1 aromatic carbocycles. The van der Waals surface area contributed by atoms with Crippen LogP contribution in [0.5, 0.6) is 0 Å². The highest BCUT2D eigenvalue weighted by atomic mass is 79.9. The molecule has 0 aliphatic heterocycles. The van der Waals surface area contributed by atoms with Gasteiger partial charge in [0.2, 0.25) is 0 Å². The van der Waals surface area contributed by atoms with Crippen LogP contribution in [0.15, 0.2) is 24.3 Å². The molecule has 96 valence electrons. The van der Waals surface area contributed by atoms with Crippen molar-refractivity contribution in [3.05, 3.63) is 35.4 Å². The molecule has 0 aliphatic rings. The van der Waals surface area contributed by atoms with Gasteiger partial charge < -0.3 is 5.32 Å². The molecule has 1 aromatic rings. The van der Waals surface area contributed by atoms with Gasteiger partial charge in [-0.05, 0) is 30.5 Å². The second-order valence-corrected chi connectivity index (χ2v) is 5.29. The van der Waals surface area contributed by atoms with Gasteiger partial charge in [-0.15, -0.1) is 0 Å². The van der Waals surface area contributed by atoms with Crippen molar-refractivity contribution < 1.29 is 4.79 Å². The van der Waals surface area contributed by atoms with Gasteiger partial charge in [-0.1, -0.05) is 35.8 Å². The summed E-state index contributed by atoms with van der Waals surface area (Å²) in [6.45, 7) is 4.17. The number of amides is 1. The molecule has 0 bridgehead atoms. The van der Waals surface area contributed by atoms with Crippen LogP contribution in [0.4, 0.5) is 0 Å². The van der Waals surface area contributed by atoms with Crippen molar-refractivity contribution in [2.24, 2.45) is 5.92 Å². The molecule has 0 aromatic heterocycles. The molecule has 0 heterocycles. The Kier molecular flexibility index (Phi) is 5.87. The fourth-order valence-electron chi connectivity index (χ4n) is 1.67. The molecular formula is C14H17BrN2O. The Morgan fingerprint density at radius 1 is 1.50 bits per heavy atom. The van der Waals surface area contributed by atoms with Gasteiger partial charge in [0.25, 0.3) is 5.91 Å². The van der Waals surface area contributed by atoms with E-state index in [4.69, 9.17) is 5.26 Å². The molecule has 0 saturated heterocycles. The van der Waals surface area contributed by atoms with E-state index >= 15 is 0 Å². The molecular weight excluding hydrogens is 292 g/mol. The fraction of sp³-hybridized carbons (Fsp3) is 0.429. The van der Waals surface area contributed by atoms with E-state index in [-0.39, 0.29) is 11.9 Å². The largest absolute Gasteiger partial charge is 0.349 e. The lowest BCUT2D eigenvalue weighted by Crippen LogP contribution is -2.38. The van der Waals surface area contributed by atoms with E-state index in [2.05, 4.69) is 35.1 Å². The van der Waals surface area contributed by atoms with Gasteiger partial charge >= 0.3 is 0 Å². The van der Waals surface area contributed by atoms with Crippen LogP contribution >= 0.6 is 15.9 Å². The van der Waals surface area contributed by atoms with E-state index in [9.17, 15) is 4.79 Å². The van der Waals surface area contributed by atoms with Gasteiger partial charge in [-0.2, -0.15) is 5.26 Å². The number of benzene rings is 1. The quantitative estimate of drug-likeness (QED) is 0.850. The summed E-state index contributed by atoms with van der Waals surface area (Å²) in [4.78, 5) is 12.1. The summed E-state index contributed by atoms with van der Waals surface area (Å²) in [7, 11) is 0. The maximum Gasteiger partial charge on any atom is 0.251 e. The zero-order valence-electron chi connectivity index (χ0n) is 10.6. The molecule has 0 spiro atoms. The predicted molar refractivity (Wildman–Crippen MR) is 75.7 cm³/mol. The van der Waals surface area contributed by atoms with Gasteiger partial charge in [0.1, 0.15) is 0 Å². The Labute approximate surface area is 116 Å². The standard InChI is InChI=1S/C14H17BrN2O/c1-10(2)13(6-7-15)17-14(18)12-5-3-4-11(8-12)9-16/h3-5,8,10,13H,6-7H2,1-2H3,(H,17,18). The number of rotatable bonds is 5. The van der Waals surface area contributed by atoms with Crippen LogP contribution in [-0.2, 0) is 0 Å². The molecule has 0 radical (unpaired) electrons. The minimum Gasteiger partial charge on any atom is -0.349 e. The van der Waals surface area contributed by atoms with Crippen LogP contribution in [0, 0.1) is 17.2 Å². The first kappa shape index (κ1) is 14.7. The highest BCUT2D eigenvalue weighted by Crippen LogP contribution is 2.10. The number of carbonyl (C=O) groups is 1. The van der Waals surface area contributed by atoms with Crippen LogP contribution in [0.2, 0.25) is 0 Å². The summed E-state index contributed by atoms with van der Waals surface area (Å²) in [6.07, 6.45) is 0.890. The molecule has 1 amide bonds. The molecule has 1 N–H and O–H groups in total. The van der Waals surface area contributed by atoms with E-state index < -0.39 is 0 Å². The summed E-state index contributed by atoms with van der Waals surface area (Å²) in [5, 5.41) is 12.7. The van der Waals surface area contributed by atoms with Gasteiger partial charge in [-0.3, -0.25) is 4.79 Å². The van der Waals surface area contributed by atoms with Crippen molar-refractivity contribution in [1.29, 1.82) is 5.26 Å². The first-order chi connectivity index (χ1) is 8.58. The smallest absolute Gasteiger partial charge is 0.251 e. The number of nitrogens with zero attached hydrogens (tertiary/aromatic N) is 1. The summed E-state index contributed by atoms with van der Waals surface area (Å²) >= 11 is 3.39. The van der Waals surface area contributed by atoms with Gasteiger partial charge in [0.15, 0.2) is 0 Å². The van der Waals surface area contributed by atoms with Crippen molar-refractivity contribution in [2.75, 3.05) is 5.33 Å². The van der Waals surface area contributed by atoms with E-state index in [1.165, 1.54) is 0 Å². The molecule has 0 fully saturated rings. The van der Waals surface area contributed by atoms with E-state index in [1.54, 1.807) is 24.3 Å². The number of carbonyl (C=O) groups excluding carboxylic acids is 1. The first-order valence-electron chi connectivity index (χ1n) is 5.95. The zero-order valence-corrected chi connectivity index (χ0v) is 12.2. The minimum atomic E-state index is -0.119. The molecule has 3 nitrogen and oxygen atoms in total. The summed E-state index contributed by atoms with van der Waals surface area (Å²) in [5.41, 5.74) is 1.04. The SMILES string of the molecule is CC(C)C(CCBr)NC(=O)c1cccc(C#N)c1. The second kappa shape index (κ2) is 7.17. The topological polar surface area (TPSA) is 52.9 Å². The average molecular weight is 309 g/mol. The van der Waals surface area contributed by atoms with Gasteiger partial charge in [0, 0.05) is 16.9 Å².